The number of anilines is 2. The van der Waals surface area contributed by atoms with Gasteiger partial charge in [-0.25, -0.2) is 14.4 Å². The lowest BCUT2D eigenvalue weighted by Crippen LogP contribution is -2.00. The monoisotopic (exact) mass is 295 g/mol. The zero-order valence-electron chi connectivity index (χ0n) is 12.3. The molecule has 2 aromatic heterocycles. The molecule has 1 N–H and O–H groups in total. The number of aryl methyl sites for hydroxylation is 2. The molecule has 5 nitrogen and oxygen atoms in total. The Hall–Kier alpha value is -2.94. The Morgan fingerprint density at radius 3 is 2.86 bits per heavy atom. The van der Waals surface area contributed by atoms with Crippen molar-refractivity contribution >= 4 is 22.5 Å². The minimum Gasteiger partial charge on any atom is -0.340 e. The average Bonchev–Trinajstić information content (AvgIpc) is 2.89. The van der Waals surface area contributed by atoms with Crippen molar-refractivity contribution in [2.24, 2.45) is 7.05 Å². The van der Waals surface area contributed by atoms with Gasteiger partial charge in [0.05, 0.1) is 23.6 Å². The van der Waals surface area contributed by atoms with E-state index in [0.717, 1.165) is 16.6 Å². The number of pyridine rings is 1. The zero-order valence-corrected chi connectivity index (χ0v) is 12.3. The summed E-state index contributed by atoms with van der Waals surface area (Å²) in [6, 6.07) is 6.63. The van der Waals surface area contributed by atoms with Crippen LogP contribution in [0.25, 0.3) is 11.0 Å². The van der Waals surface area contributed by atoms with Gasteiger partial charge in [-0.2, -0.15) is 5.26 Å². The molecule has 0 aliphatic rings. The molecule has 0 unspecified atom stereocenters. The van der Waals surface area contributed by atoms with Crippen LogP contribution < -0.4 is 5.32 Å². The van der Waals surface area contributed by atoms with Crippen molar-refractivity contribution in [2.45, 2.75) is 13.3 Å². The number of halogens is 1. The van der Waals surface area contributed by atoms with Crippen molar-refractivity contribution in [3.63, 3.8) is 0 Å². The molecule has 22 heavy (non-hydrogen) atoms. The number of fused-ring (bicyclic) bond motifs is 1. The van der Waals surface area contributed by atoms with Crippen LogP contribution in [-0.4, -0.2) is 14.5 Å². The molecular weight excluding hydrogens is 281 g/mol. The number of imidazole rings is 1. The molecule has 1 aromatic carbocycles. The minimum absolute atomic E-state index is 0.0532. The summed E-state index contributed by atoms with van der Waals surface area (Å²) >= 11 is 0. The van der Waals surface area contributed by atoms with Gasteiger partial charge in [0.15, 0.2) is 0 Å². The molecule has 0 saturated carbocycles. The fourth-order valence-electron chi connectivity index (χ4n) is 2.35. The standard InChI is InChI=1S/C16H14FN5/c1-3-10-4-11(7-18)12(17)5-13(10)21-16-6-15-14(8-19-16)20-9-22(15)2/h4-6,8-9H,3H2,1-2H3,(H,19,21). The quantitative estimate of drug-likeness (QED) is 0.805. The summed E-state index contributed by atoms with van der Waals surface area (Å²) in [5, 5.41) is 12.0. The summed E-state index contributed by atoms with van der Waals surface area (Å²) in [6.07, 6.45) is 4.07. The maximum absolute atomic E-state index is 13.8. The number of hydrogen-bond acceptors (Lipinski definition) is 4. The molecule has 0 aliphatic heterocycles. The van der Waals surface area contributed by atoms with Crippen LogP contribution in [0.15, 0.2) is 30.7 Å². The van der Waals surface area contributed by atoms with E-state index >= 15 is 0 Å². The second-order valence-electron chi connectivity index (χ2n) is 4.99. The number of benzene rings is 1. The molecule has 0 bridgehead atoms. The molecule has 0 fully saturated rings. The Morgan fingerprint density at radius 1 is 1.32 bits per heavy atom. The number of nitrogens with one attached hydrogen (secondary N) is 1. The number of nitrogens with zero attached hydrogens (tertiary/aromatic N) is 4. The summed E-state index contributed by atoms with van der Waals surface area (Å²) in [7, 11) is 1.90. The Kier molecular flexibility index (Phi) is 3.47. The third kappa shape index (κ3) is 2.37. The fourth-order valence-corrected chi connectivity index (χ4v) is 2.35. The Balaban J connectivity index is 2.02. The van der Waals surface area contributed by atoms with Crippen molar-refractivity contribution in [2.75, 3.05) is 5.32 Å². The largest absolute Gasteiger partial charge is 0.340 e. The fraction of sp³-hybridized carbons (Fsp3) is 0.188. The average molecular weight is 295 g/mol. The van der Waals surface area contributed by atoms with Gasteiger partial charge >= 0.3 is 0 Å². The molecule has 110 valence electrons. The van der Waals surface area contributed by atoms with Crippen LogP contribution >= 0.6 is 0 Å². The Morgan fingerprint density at radius 2 is 2.14 bits per heavy atom. The van der Waals surface area contributed by atoms with Crippen LogP contribution in [0, 0.1) is 17.1 Å². The lowest BCUT2D eigenvalue weighted by molar-refractivity contribution is 0.624. The molecular formula is C16H14FN5. The predicted molar refractivity (Wildman–Crippen MR) is 82.3 cm³/mol. The summed E-state index contributed by atoms with van der Waals surface area (Å²) in [4.78, 5) is 8.50. The van der Waals surface area contributed by atoms with Gasteiger partial charge in [-0.05, 0) is 24.1 Å². The Bertz CT molecular complexity index is 891. The van der Waals surface area contributed by atoms with Gasteiger partial charge < -0.3 is 9.88 Å². The number of nitriles is 1. The molecule has 3 aromatic rings. The van der Waals surface area contributed by atoms with Crippen LogP contribution in [-0.2, 0) is 13.5 Å². The van der Waals surface area contributed by atoms with Crippen LogP contribution in [0.1, 0.15) is 18.1 Å². The molecule has 0 radical (unpaired) electrons. The highest BCUT2D eigenvalue weighted by Crippen LogP contribution is 2.25. The van der Waals surface area contributed by atoms with Crippen LogP contribution in [0.3, 0.4) is 0 Å². The van der Waals surface area contributed by atoms with Crippen molar-refractivity contribution < 1.29 is 4.39 Å². The van der Waals surface area contributed by atoms with Gasteiger partial charge in [0.1, 0.15) is 23.2 Å². The van der Waals surface area contributed by atoms with E-state index in [1.165, 1.54) is 6.07 Å². The molecule has 3 rings (SSSR count). The highest BCUT2D eigenvalue weighted by atomic mass is 19.1. The van der Waals surface area contributed by atoms with E-state index in [1.54, 1.807) is 18.6 Å². The Labute approximate surface area is 127 Å². The van der Waals surface area contributed by atoms with E-state index in [4.69, 9.17) is 5.26 Å². The van der Waals surface area contributed by atoms with Crippen molar-refractivity contribution in [1.82, 2.24) is 14.5 Å². The first-order valence-electron chi connectivity index (χ1n) is 6.89. The topological polar surface area (TPSA) is 66.5 Å². The van der Waals surface area contributed by atoms with E-state index in [2.05, 4.69) is 15.3 Å². The second-order valence-corrected chi connectivity index (χ2v) is 4.99. The van der Waals surface area contributed by atoms with Gasteiger partial charge in [0.2, 0.25) is 0 Å². The molecule has 2 heterocycles. The van der Waals surface area contributed by atoms with Crippen LogP contribution in [0.4, 0.5) is 15.9 Å². The molecule has 6 heteroatoms. The molecule has 0 spiro atoms. The lowest BCUT2D eigenvalue weighted by atomic mass is 10.1. The third-order valence-corrected chi connectivity index (χ3v) is 3.57. The van der Waals surface area contributed by atoms with E-state index in [9.17, 15) is 4.39 Å². The van der Waals surface area contributed by atoms with Crippen molar-refractivity contribution in [3.05, 3.63) is 47.7 Å². The zero-order chi connectivity index (χ0) is 15.7. The first-order valence-corrected chi connectivity index (χ1v) is 6.89. The van der Waals surface area contributed by atoms with Gasteiger partial charge in [-0.3, -0.25) is 0 Å². The SMILES string of the molecule is CCc1cc(C#N)c(F)cc1Nc1cc2c(cn1)ncn2C. The van der Waals surface area contributed by atoms with Gasteiger partial charge in [-0.1, -0.05) is 6.92 Å². The normalized spacial score (nSPS) is 10.6. The van der Waals surface area contributed by atoms with Gasteiger partial charge in [0, 0.05) is 18.8 Å². The lowest BCUT2D eigenvalue weighted by Gasteiger charge is -2.11. The summed E-state index contributed by atoms with van der Waals surface area (Å²) in [6.45, 7) is 1.96. The number of hydrogen-bond donors (Lipinski definition) is 1. The van der Waals surface area contributed by atoms with Crippen LogP contribution in [0.5, 0.6) is 0 Å². The highest BCUT2D eigenvalue weighted by molar-refractivity contribution is 5.78. The van der Waals surface area contributed by atoms with E-state index in [-0.39, 0.29) is 5.56 Å². The van der Waals surface area contributed by atoms with Crippen molar-refractivity contribution in [3.8, 4) is 6.07 Å². The third-order valence-electron chi connectivity index (χ3n) is 3.57. The first-order chi connectivity index (χ1) is 10.6. The van der Waals surface area contributed by atoms with Gasteiger partial charge in [-0.15, -0.1) is 0 Å². The van der Waals surface area contributed by atoms with E-state index < -0.39 is 5.82 Å². The summed E-state index contributed by atoms with van der Waals surface area (Å²) in [5.41, 5.74) is 3.27. The summed E-state index contributed by atoms with van der Waals surface area (Å²) in [5.74, 6) is 0.0683. The number of aromatic nitrogens is 3. The predicted octanol–water partition coefficient (Wildman–Crippen LogP) is 3.29. The molecule has 0 atom stereocenters. The first kappa shape index (κ1) is 14.0. The second kappa shape index (κ2) is 5.45. The minimum atomic E-state index is -0.538. The highest BCUT2D eigenvalue weighted by Gasteiger charge is 2.10. The van der Waals surface area contributed by atoms with E-state index in [1.807, 2.05) is 30.7 Å². The van der Waals surface area contributed by atoms with Gasteiger partial charge in [0.25, 0.3) is 0 Å². The number of rotatable bonds is 3. The maximum Gasteiger partial charge on any atom is 0.143 e. The molecule has 0 saturated heterocycles. The maximum atomic E-state index is 13.8. The molecule has 0 amide bonds. The van der Waals surface area contributed by atoms with Crippen LogP contribution in [0.2, 0.25) is 0 Å². The summed E-state index contributed by atoms with van der Waals surface area (Å²) < 4.78 is 15.7. The van der Waals surface area contributed by atoms with E-state index in [0.29, 0.717) is 17.9 Å². The van der Waals surface area contributed by atoms with Crippen molar-refractivity contribution in [1.29, 1.82) is 5.26 Å². The smallest absolute Gasteiger partial charge is 0.143 e. The molecule has 0 aliphatic carbocycles.